The van der Waals surface area contributed by atoms with E-state index in [1.54, 1.807) is 0 Å². The summed E-state index contributed by atoms with van der Waals surface area (Å²) in [6.45, 7) is 4.46. The summed E-state index contributed by atoms with van der Waals surface area (Å²) in [5.74, 6) is 5.68. The number of aryl methyl sites for hydroxylation is 2. The fourth-order valence-corrected chi connectivity index (χ4v) is 1.18. The van der Waals surface area contributed by atoms with E-state index in [1.807, 2.05) is 18.2 Å². The van der Waals surface area contributed by atoms with Crippen molar-refractivity contribution < 1.29 is 4.79 Å². The number of carbonyl (C=O) groups excluding carboxylic acids is 1. The van der Waals surface area contributed by atoms with Crippen molar-refractivity contribution in [2.24, 2.45) is 5.73 Å². The molecule has 1 aromatic rings. The Morgan fingerprint density at radius 2 is 2.12 bits per heavy atom. The van der Waals surface area contributed by atoms with Gasteiger partial charge in [0.25, 0.3) is 0 Å². The monoisotopic (exact) mass is 216 g/mol. The van der Waals surface area contributed by atoms with Gasteiger partial charge in [0.1, 0.15) is 0 Å². The predicted octanol–water partition coefficient (Wildman–Crippen LogP) is 0.730. The molecule has 0 aliphatic heterocycles. The zero-order valence-electron chi connectivity index (χ0n) is 9.63. The second kappa shape index (κ2) is 5.94. The molecule has 1 amide bonds. The van der Waals surface area contributed by atoms with Crippen molar-refractivity contribution in [2.45, 2.75) is 13.8 Å². The van der Waals surface area contributed by atoms with Gasteiger partial charge in [-0.25, -0.2) is 0 Å². The summed E-state index contributed by atoms with van der Waals surface area (Å²) >= 11 is 0. The summed E-state index contributed by atoms with van der Waals surface area (Å²) in [4.78, 5) is 10.8. The first-order valence-electron chi connectivity index (χ1n) is 5.16. The minimum absolute atomic E-state index is 0.00528. The van der Waals surface area contributed by atoms with Crippen molar-refractivity contribution in [1.29, 1.82) is 0 Å². The minimum Gasteiger partial charge on any atom is -0.344 e. The molecule has 0 heterocycles. The van der Waals surface area contributed by atoms with Crippen molar-refractivity contribution in [2.75, 3.05) is 13.1 Å². The summed E-state index contributed by atoms with van der Waals surface area (Å²) < 4.78 is 0. The van der Waals surface area contributed by atoms with E-state index in [4.69, 9.17) is 5.73 Å². The third kappa shape index (κ3) is 3.76. The smallest absolute Gasteiger partial charge is 0.234 e. The molecule has 1 aromatic carbocycles. The Kier molecular flexibility index (Phi) is 4.56. The fraction of sp³-hybridized carbons (Fsp3) is 0.308. The van der Waals surface area contributed by atoms with Crippen molar-refractivity contribution >= 4 is 5.91 Å². The topological polar surface area (TPSA) is 55.1 Å². The first-order valence-corrected chi connectivity index (χ1v) is 5.16. The molecule has 3 N–H and O–H groups in total. The van der Waals surface area contributed by atoms with Crippen LogP contribution in [0.2, 0.25) is 0 Å². The molecule has 0 unspecified atom stereocenters. The van der Waals surface area contributed by atoms with Crippen LogP contribution in [0.4, 0.5) is 0 Å². The normalized spacial score (nSPS) is 9.19. The maximum Gasteiger partial charge on any atom is 0.234 e. The maximum atomic E-state index is 10.8. The Morgan fingerprint density at radius 1 is 1.38 bits per heavy atom. The Labute approximate surface area is 96.0 Å². The molecule has 0 spiro atoms. The summed E-state index contributed by atoms with van der Waals surface area (Å²) in [5, 5.41) is 2.59. The number of benzene rings is 1. The SMILES string of the molecule is Cc1ccc(C#CCNC(=O)CN)cc1C. The average molecular weight is 216 g/mol. The van der Waals surface area contributed by atoms with Crippen LogP contribution in [0.5, 0.6) is 0 Å². The van der Waals surface area contributed by atoms with Gasteiger partial charge in [-0.15, -0.1) is 0 Å². The lowest BCUT2D eigenvalue weighted by atomic mass is 10.1. The number of carbonyl (C=O) groups is 1. The molecule has 3 nitrogen and oxygen atoms in total. The van der Waals surface area contributed by atoms with Crippen LogP contribution < -0.4 is 11.1 Å². The molecule has 1 rings (SSSR count). The standard InChI is InChI=1S/C13H16N2O/c1-10-5-6-12(8-11(10)2)4-3-7-15-13(16)9-14/h5-6,8H,7,9,14H2,1-2H3,(H,15,16). The zero-order valence-corrected chi connectivity index (χ0v) is 9.63. The third-order valence-electron chi connectivity index (χ3n) is 2.30. The fourth-order valence-electron chi connectivity index (χ4n) is 1.18. The Balaban J connectivity index is 2.56. The van der Waals surface area contributed by atoms with Gasteiger partial charge >= 0.3 is 0 Å². The number of nitrogens with one attached hydrogen (secondary N) is 1. The van der Waals surface area contributed by atoms with Crippen LogP contribution in [0.15, 0.2) is 18.2 Å². The molecule has 84 valence electrons. The van der Waals surface area contributed by atoms with E-state index < -0.39 is 0 Å². The Bertz CT molecular complexity index is 441. The van der Waals surface area contributed by atoms with Gasteiger partial charge in [-0.1, -0.05) is 17.9 Å². The summed E-state index contributed by atoms with van der Waals surface area (Å²) in [6.07, 6.45) is 0. The van der Waals surface area contributed by atoms with Gasteiger partial charge in [0, 0.05) is 5.56 Å². The van der Waals surface area contributed by atoms with Crippen LogP contribution in [-0.2, 0) is 4.79 Å². The first-order chi connectivity index (χ1) is 7.63. The van der Waals surface area contributed by atoms with E-state index in [-0.39, 0.29) is 12.5 Å². The molecule has 0 aliphatic rings. The lowest BCUT2D eigenvalue weighted by Gasteiger charge is -1.99. The number of hydrogen-bond donors (Lipinski definition) is 2. The number of rotatable bonds is 2. The quantitative estimate of drug-likeness (QED) is 0.716. The molecule has 16 heavy (non-hydrogen) atoms. The van der Waals surface area contributed by atoms with Crippen LogP contribution in [0.25, 0.3) is 0 Å². The van der Waals surface area contributed by atoms with Gasteiger partial charge in [0.2, 0.25) is 5.91 Å². The summed E-state index contributed by atoms with van der Waals surface area (Å²) in [7, 11) is 0. The highest BCUT2D eigenvalue weighted by atomic mass is 16.1. The molecule has 0 aromatic heterocycles. The summed E-state index contributed by atoms with van der Waals surface area (Å²) in [6, 6.07) is 6.05. The van der Waals surface area contributed by atoms with Crippen molar-refractivity contribution in [3.63, 3.8) is 0 Å². The molecule has 0 radical (unpaired) electrons. The highest BCUT2D eigenvalue weighted by molar-refractivity contribution is 5.77. The maximum absolute atomic E-state index is 10.8. The molecular formula is C13H16N2O. The van der Waals surface area contributed by atoms with E-state index in [2.05, 4.69) is 31.0 Å². The van der Waals surface area contributed by atoms with Crippen molar-refractivity contribution in [3.05, 3.63) is 34.9 Å². The van der Waals surface area contributed by atoms with Crippen molar-refractivity contribution in [3.8, 4) is 11.8 Å². The van der Waals surface area contributed by atoms with Gasteiger partial charge in [-0.3, -0.25) is 4.79 Å². The van der Waals surface area contributed by atoms with Crippen LogP contribution in [0, 0.1) is 25.7 Å². The van der Waals surface area contributed by atoms with E-state index in [1.165, 1.54) is 11.1 Å². The molecule has 3 heteroatoms. The molecule has 0 fully saturated rings. The molecule has 0 aliphatic carbocycles. The minimum atomic E-state index is -0.186. The highest BCUT2D eigenvalue weighted by Crippen LogP contribution is 2.08. The van der Waals surface area contributed by atoms with E-state index >= 15 is 0 Å². The van der Waals surface area contributed by atoms with Crippen LogP contribution in [0.1, 0.15) is 16.7 Å². The van der Waals surface area contributed by atoms with Gasteiger partial charge in [0.05, 0.1) is 13.1 Å². The number of amides is 1. The van der Waals surface area contributed by atoms with Crippen molar-refractivity contribution in [1.82, 2.24) is 5.32 Å². The van der Waals surface area contributed by atoms with Crippen LogP contribution in [-0.4, -0.2) is 19.0 Å². The summed E-state index contributed by atoms with van der Waals surface area (Å²) in [5.41, 5.74) is 8.58. The number of hydrogen-bond acceptors (Lipinski definition) is 2. The molecule has 0 saturated heterocycles. The van der Waals surface area contributed by atoms with Gasteiger partial charge in [-0.05, 0) is 37.1 Å². The second-order valence-electron chi connectivity index (χ2n) is 3.58. The molecule has 0 atom stereocenters. The molecule has 0 bridgehead atoms. The Morgan fingerprint density at radius 3 is 2.75 bits per heavy atom. The average Bonchev–Trinajstić information content (AvgIpc) is 2.28. The van der Waals surface area contributed by atoms with Crippen LogP contribution in [0.3, 0.4) is 0 Å². The molecule has 0 saturated carbocycles. The predicted molar refractivity (Wildman–Crippen MR) is 64.9 cm³/mol. The zero-order chi connectivity index (χ0) is 12.0. The highest BCUT2D eigenvalue weighted by Gasteiger charge is 1.93. The van der Waals surface area contributed by atoms with Gasteiger partial charge in [0.15, 0.2) is 0 Å². The largest absolute Gasteiger partial charge is 0.344 e. The van der Waals surface area contributed by atoms with Gasteiger partial charge < -0.3 is 11.1 Å². The van der Waals surface area contributed by atoms with Gasteiger partial charge in [-0.2, -0.15) is 0 Å². The molecular weight excluding hydrogens is 200 g/mol. The second-order valence-corrected chi connectivity index (χ2v) is 3.58. The van der Waals surface area contributed by atoms with E-state index in [9.17, 15) is 4.79 Å². The van der Waals surface area contributed by atoms with E-state index in [0.29, 0.717) is 6.54 Å². The van der Waals surface area contributed by atoms with Crippen LogP contribution >= 0.6 is 0 Å². The van der Waals surface area contributed by atoms with E-state index in [0.717, 1.165) is 5.56 Å². The lowest BCUT2D eigenvalue weighted by molar-refractivity contribution is -0.119. The third-order valence-corrected chi connectivity index (χ3v) is 2.30. The number of nitrogens with two attached hydrogens (primary N) is 1. The Hall–Kier alpha value is -1.79. The first kappa shape index (κ1) is 12.3. The lowest BCUT2D eigenvalue weighted by Crippen LogP contribution is -2.30.